The number of nitrogens with zero attached hydrogens (tertiary/aromatic N) is 4. The summed E-state index contributed by atoms with van der Waals surface area (Å²) < 4.78 is 45.7. The summed E-state index contributed by atoms with van der Waals surface area (Å²) in [5.74, 6) is -0.714. The van der Waals surface area contributed by atoms with Crippen molar-refractivity contribution in [3.05, 3.63) is 40.4 Å². The lowest BCUT2D eigenvalue weighted by Crippen LogP contribution is -2.38. The van der Waals surface area contributed by atoms with Gasteiger partial charge in [0.2, 0.25) is 0 Å². The third kappa shape index (κ3) is 4.22. The Balaban J connectivity index is 2.47. The summed E-state index contributed by atoms with van der Waals surface area (Å²) in [5, 5.41) is 12.5. The van der Waals surface area contributed by atoms with Gasteiger partial charge < -0.3 is 4.74 Å². The molecule has 1 heterocycles. The molecule has 25 heavy (non-hydrogen) atoms. The molecule has 2 rings (SSSR count). The molecule has 0 radical (unpaired) electrons. The fraction of sp³-hybridized carbons (Fsp3) is 0.400. The van der Waals surface area contributed by atoms with Gasteiger partial charge in [-0.1, -0.05) is 17.7 Å². The Kier molecular flexibility index (Phi) is 4.99. The molecule has 0 saturated carbocycles. The van der Waals surface area contributed by atoms with Crippen molar-refractivity contribution in [2.24, 2.45) is 20.7 Å². The van der Waals surface area contributed by atoms with Gasteiger partial charge in [0.15, 0.2) is 0 Å². The molecule has 1 aromatic rings. The standard InChI is InChI=1S/C15H14ClF3N4O2/c1-13(2,3)25-12(24)7-4-9-8-10(16)5-6-11(9)14(15(17,18)19)20-22-23-21-14/h4-8H,1-3H3/b7-4+. The molecule has 0 unspecified atom stereocenters. The summed E-state index contributed by atoms with van der Waals surface area (Å²) in [6.45, 7) is 5.00. The highest BCUT2D eigenvalue weighted by Gasteiger charge is 2.60. The molecule has 0 fully saturated rings. The van der Waals surface area contributed by atoms with Gasteiger partial charge in [-0.2, -0.15) is 13.2 Å². The van der Waals surface area contributed by atoms with E-state index in [2.05, 4.69) is 20.7 Å². The lowest BCUT2D eigenvalue weighted by Gasteiger charge is -2.24. The van der Waals surface area contributed by atoms with Crippen LogP contribution in [0, 0.1) is 0 Å². The average molecular weight is 375 g/mol. The van der Waals surface area contributed by atoms with E-state index in [1.165, 1.54) is 12.1 Å². The van der Waals surface area contributed by atoms with Crippen LogP contribution in [0.2, 0.25) is 5.02 Å². The van der Waals surface area contributed by atoms with E-state index in [1.54, 1.807) is 20.8 Å². The number of hydrogen-bond acceptors (Lipinski definition) is 6. The SMILES string of the molecule is CC(C)(C)OC(=O)/C=C/c1cc(Cl)ccc1C1(C(F)(F)F)N=NN=N1. The Labute approximate surface area is 146 Å². The molecule has 6 nitrogen and oxygen atoms in total. The van der Waals surface area contributed by atoms with E-state index < -0.39 is 23.4 Å². The first-order valence-corrected chi connectivity index (χ1v) is 7.44. The molecule has 10 heteroatoms. The molecular weight excluding hydrogens is 361 g/mol. The Morgan fingerprint density at radius 2 is 1.80 bits per heavy atom. The molecule has 1 aromatic carbocycles. The van der Waals surface area contributed by atoms with Gasteiger partial charge in [0, 0.05) is 16.7 Å². The molecule has 0 N–H and O–H groups in total. The van der Waals surface area contributed by atoms with E-state index in [9.17, 15) is 18.0 Å². The number of carbonyl (C=O) groups is 1. The first-order valence-electron chi connectivity index (χ1n) is 7.06. The maximum absolute atomic E-state index is 13.5. The lowest BCUT2D eigenvalue weighted by molar-refractivity contribution is -0.187. The van der Waals surface area contributed by atoms with E-state index in [1.807, 2.05) is 0 Å². The first kappa shape index (κ1) is 19.0. The van der Waals surface area contributed by atoms with E-state index >= 15 is 0 Å². The number of alkyl halides is 3. The van der Waals surface area contributed by atoms with Gasteiger partial charge in [0.1, 0.15) is 5.60 Å². The predicted octanol–water partition coefficient (Wildman–Crippen LogP) is 5.24. The molecule has 1 aliphatic rings. The minimum absolute atomic E-state index is 0.00418. The second-order valence-electron chi connectivity index (χ2n) is 6.15. The zero-order valence-electron chi connectivity index (χ0n) is 13.5. The minimum Gasteiger partial charge on any atom is -0.457 e. The van der Waals surface area contributed by atoms with Crippen molar-refractivity contribution in [1.82, 2.24) is 0 Å². The lowest BCUT2D eigenvalue weighted by atomic mass is 9.94. The molecule has 0 aliphatic carbocycles. The van der Waals surface area contributed by atoms with Crippen LogP contribution < -0.4 is 0 Å². The van der Waals surface area contributed by atoms with Crippen LogP contribution in [0.5, 0.6) is 0 Å². The number of esters is 1. The molecule has 134 valence electrons. The van der Waals surface area contributed by atoms with Crippen LogP contribution in [-0.2, 0) is 15.2 Å². The predicted molar refractivity (Wildman–Crippen MR) is 83.8 cm³/mol. The number of benzene rings is 1. The number of halogens is 4. The van der Waals surface area contributed by atoms with Crippen molar-refractivity contribution in [3.8, 4) is 0 Å². The summed E-state index contributed by atoms with van der Waals surface area (Å²) in [6.07, 6.45) is -2.71. The summed E-state index contributed by atoms with van der Waals surface area (Å²) in [4.78, 5) is 11.8. The van der Waals surface area contributed by atoms with Crippen LogP contribution in [0.25, 0.3) is 6.08 Å². The smallest absolute Gasteiger partial charge is 0.442 e. The quantitative estimate of drug-likeness (QED) is 0.535. The van der Waals surface area contributed by atoms with E-state index in [0.29, 0.717) is 0 Å². The molecule has 0 bridgehead atoms. The molecule has 0 atom stereocenters. The molecular formula is C15H14ClF3N4O2. The second-order valence-corrected chi connectivity index (χ2v) is 6.58. The topological polar surface area (TPSA) is 75.7 Å². The van der Waals surface area contributed by atoms with Gasteiger partial charge in [-0.3, -0.25) is 0 Å². The maximum atomic E-state index is 13.5. The normalized spacial score (nSPS) is 16.6. The van der Waals surface area contributed by atoms with Gasteiger partial charge in [-0.15, -0.1) is 10.2 Å². The van der Waals surface area contributed by atoms with Crippen LogP contribution in [0.3, 0.4) is 0 Å². The Morgan fingerprint density at radius 3 is 2.32 bits per heavy atom. The summed E-state index contributed by atoms with van der Waals surface area (Å²) in [6, 6.07) is 3.64. The van der Waals surface area contributed by atoms with Crippen LogP contribution in [0.4, 0.5) is 13.2 Å². The van der Waals surface area contributed by atoms with Crippen molar-refractivity contribution >= 4 is 23.6 Å². The maximum Gasteiger partial charge on any atom is 0.442 e. The van der Waals surface area contributed by atoms with Gasteiger partial charge in [-0.05, 0) is 55.0 Å². The van der Waals surface area contributed by atoms with Crippen molar-refractivity contribution in [3.63, 3.8) is 0 Å². The molecule has 0 amide bonds. The third-order valence-electron chi connectivity index (χ3n) is 3.01. The van der Waals surface area contributed by atoms with E-state index in [4.69, 9.17) is 16.3 Å². The van der Waals surface area contributed by atoms with Crippen molar-refractivity contribution in [2.45, 2.75) is 38.2 Å². The van der Waals surface area contributed by atoms with Crippen LogP contribution in [0.15, 0.2) is 45.0 Å². The molecule has 0 spiro atoms. The highest BCUT2D eigenvalue weighted by atomic mass is 35.5. The fourth-order valence-corrected chi connectivity index (χ4v) is 2.23. The third-order valence-corrected chi connectivity index (χ3v) is 3.24. The first-order chi connectivity index (χ1) is 11.4. The van der Waals surface area contributed by atoms with Gasteiger partial charge in [0.05, 0.1) is 0 Å². The average Bonchev–Trinajstić information content (AvgIpc) is 2.93. The zero-order valence-corrected chi connectivity index (χ0v) is 14.3. The zero-order chi connectivity index (χ0) is 18.9. The van der Waals surface area contributed by atoms with Gasteiger partial charge >= 0.3 is 17.8 Å². The van der Waals surface area contributed by atoms with E-state index in [-0.39, 0.29) is 16.1 Å². The molecule has 0 aromatic heterocycles. The number of ether oxygens (including phenoxy) is 1. The highest BCUT2D eigenvalue weighted by molar-refractivity contribution is 6.30. The minimum atomic E-state index is -4.88. The van der Waals surface area contributed by atoms with Gasteiger partial charge in [0.25, 0.3) is 0 Å². The van der Waals surface area contributed by atoms with Gasteiger partial charge in [-0.25, -0.2) is 4.79 Å². The number of carbonyl (C=O) groups excluding carboxylic acids is 1. The summed E-state index contributed by atoms with van der Waals surface area (Å²) >= 11 is 5.87. The van der Waals surface area contributed by atoms with Crippen LogP contribution in [0.1, 0.15) is 31.9 Å². The van der Waals surface area contributed by atoms with Crippen molar-refractivity contribution in [2.75, 3.05) is 0 Å². The summed E-state index contributed by atoms with van der Waals surface area (Å²) in [5.41, 5.74) is -4.06. The Bertz CT molecular complexity index is 755. The fourth-order valence-electron chi connectivity index (χ4n) is 2.05. The Morgan fingerprint density at radius 1 is 1.20 bits per heavy atom. The Hall–Kier alpha value is -2.29. The van der Waals surface area contributed by atoms with Crippen LogP contribution >= 0.6 is 11.6 Å². The van der Waals surface area contributed by atoms with Crippen molar-refractivity contribution < 1.29 is 22.7 Å². The number of hydrogen-bond donors (Lipinski definition) is 0. The second kappa shape index (κ2) is 6.55. The summed E-state index contributed by atoms with van der Waals surface area (Å²) in [7, 11) is 0. The number of rotatable bonds is 3. The molecule has 0 saturated heterocycles. The monoisotopic (exact) mass is 374 g/mol. The highest BCUT2D eigenvalue weighted by Crippen LogP contribution is 2.48. The largest absolute Gasteiger partial charge is 0.457 e. The van der Waals surface area contributed by atoms with E-state index in [0.717, 1.165) is 18.2 Å². The molecule has 1 aliphatic heterocycles. The van der Waals surface area contributed by atoms with Crippen LogP contribution in [-0.4, -0.2) is 17.7 Å². The van der Waals surface area contributed by atoms with Crippen molar-refractivity contribution in [1.29, 1.82) is 0 Å².